The number of para-hydroxylation sites is 1. The maximum atomic E-state index is 11.6. The number of anilines is 1. The van der Waals surface area contributed by atoms with Crippen molar-refractivity contribution < 1.29 is 9.53 Å². The summed E-state index contributed by atoms with van der Waals surface area (Å²) in [6.45, 7) is 4.07. The SMILES string of the molecule is CN=C(NCc1ccc(N2CCNC(=O)C2)cc1)NCc1ccccc1OCC1CC1. The summed E-state index contributed by atoms with van der Waals surface area (Å²) < 4.78 is 5.99. The Morgan fingerprint density at radius 2 is 1.90 bits per heavy atom. The van der Waals surface area contributed by atoms with Crippen LogP contribution in [0.1, 0.15) is 24.0 Å². The smallest absolute Gasteiger partial charge is 0.239 e. The number of nitrogens with one attached hydrogen (secondary N) is 3. The molecule has 2 aliphatic rings. The Balaban J connectivity index is 1.26. The molecule has 1 amide bonds. The van der Waals surface area contributed by atoms with Gasteiger partial charge in [-0.3, -0.25) is 9.79 Å². The average Bonchev–Trinajstić information content (AvgIpc) is 3.63. The number of ether oxygens (including phenoxy) is 1. The molecule has 0 bridgehead atoms. The fraction of sp³-hybridized carbons (Fsp3) is 0.417. The Hall–Kier alpha value is -3.22. The van der Waals surface area contributed by atoms with E-state index in [1.807, 2.05) is 18.2 Å². The molecule has 7 nitrogen and oxygen atoms in total. The van der Waals surface area contributed by atoms with Gasteiger partial charge in [-0.2, -0.15) is 0 Å². The third-order valence-electron chi connectivity index (χ3n) is 5.61. The van der Waals surface area contributed by atoms with Crippen LogP contribution in [0.25, 0.3) is 0 Å². The second kappa shape index (κ2) is 10.2. The van der Waals surface area contributed by atoms with E-state index in [0.29, 0.717) is 26.2 Å². The second-order valence-corrected chi connectivity index (χ2v) is 8.08. The van der Waals surface area contributed by atoms with Crippen LogP contribution in [0.4, 0.5) is 5.69 Å². The molecule has 1 aliphatic heterocycles. The van der Waals surface area contributed by atoms with Gasteiger partial charge in [-0.05, 0) is 42.5 Å². The topological polar surface area (TPSA) is 78.0 Å². The maximum absolute atomic E-state index is 11.6. The summed E-state index contributed by atoms with van der Waals surface area (Å²) in [5.41, 5.74) is 3.35. The third kappa shape index (κ3) is 6.13. The Bertz CT molecular complexity index is 908. The molecule has 1 saturated carbocycles. The minimum Gasteiger partial charge on any atom is -0.493 e. The minimum absolute atomic E-state index is 0.0754. The van der Waals surface area contributed by atoms with Crippen LogP contribution >= 0.6 is 0 Å². The van der Waals surface area contributed by atoms with Crippen LogP contribution in [0.15, 0.2) is 53.5 Å². The van der Waals surface area contributed by atoms with E-state index in [1.165, 1.54) is 12.8 Å². The van der Waals surface area contributed by atoms with Crippen molar-refractivity contribution in [2.75, 3.05) is 38.2 Å². The van der Waals surface area contributed by atoms with Gasteiger partial charge in [0, 0.05) is 44.5 Å². The highest BCUT2D eigenvalue weighted by atomic mass is 16.5. The molecule has 4 rings (SSSR count). The number of rotatable bonds is 8. The lowest BCUT2D eigenvalue weighted by molar-refractivity contribution is -0.120. The summed E-state index contributed by atoms with van der Waals surface area (Å²) in [6.07, 6.45) is 2.57. The molecule has 0 spiro atoms. The third-order valence-corrected chi connectivity index (χ3v) is 5.61. The maximum Gasteiger partial charge on any atom is 0.239 e. The van der Waals surface area contributed by atoms with Crippen LogP contribution in [0.3, 0.4) is 0 Å². The molecule has 3 N–H and O–H groups in total. The molecule has 7 heteroatoms. The van der Waals surface area contributed by atoms with Crippen LogP contribution in [-0.2, 0) is 17.9 Å². The van der Waals surface area contributed by atoms with Crippen molar-refractivity contribution in [1.82, 2.24) is 16.0 Å². The molecule has 0 atom stereocenters. The number of carbonyl (C=O) groups excluding carboxylic acids is 1. The molecule has 2 aromatic carbocycles. The number of guanidine groups is 1. The first-order valence-corrected chi connectivity index (χ1v) is 11.0. The Morgan fingerprint density at radius 3 is 2.65 bits per heavy atom. The molecular weight excluding hydrogens is 390 g/mol. The summed E-state index contributed by atoms with van der Waals surface area (Å²) in [6, 6.07) is 16.5. The first-order valence-electron chi connectivity index (χ1n) is 11.0. The van der Waals surface area contributed by atoms with Crippen LogP contribution in [-0.4, -0.2) is 45.2 Å². The van der Waals surface area contributed by atoms with Gasteiger partial charge < -0.3 is 25.6 Å². The summed E-state index contributed by atoms with van der Waals surface area (Å²) in [5, 5.41) is 9.59. The average molecular weight is 422 g/mol. The highest BCUT2D eigenvalue weighted by Gasteiger charge is 2.22. The zero-order valence-electron chi connectivity index (χ0n) is 18.1. The van der Waals surface area contributed by atoms with Gasteiger partial charge >= 0.3 is 0 Å². The van der Waals surface area contributed by atoms with Gasteiger partial charge in [0.25, 0.3) is 0 Å². The molecule has 1 aliphatic carbocycles. The normalized spacial score (nSPS) is 16.6. The molecule has 1 heterocycles. The van der Waals surface area contributed by atoms with E-state index < -0.39 is 0 Å². The second-order valence-electron chi connectivity index (χ2n) is 8.08. The van der Waals surface area contributed by atoms with E-state index in [-0.39, 0.29) is 5.91 Å². The van der Waals surface area contributed by atoms with Crippen LogP contribution in [0.5, 0.6) is 5.75 Å². The lowest BCUT2D eigenvalue weighted by Crippen LogP contribution is -2.47. The first kappa shape index (κ1) is 21.0. The van der Waals surface area contributed by atoms with Crippen LogP contribution in [0.2, 0.25) is 0 Å². The monoisotopic (exact) mass is 421 g/mol. The largest absolute Gasteiger partial charge is 0.493 e. The number of aliphatic imine (C=N–C) groups is 1. The van der Waals surface area contributed by atoms with E-state index >= 15 is 0 Å². The fourth-order valence-electron chi connectivity index (χ4n) is 3.55. The zero-order chi connectivity index (χ0) is 21.5. The van der Waals surface area contributed by atoms with Gasteiger partial charge in [0.15, 0.2) is 5.96 Å². The fourth-order valence-corrected chi connectivity index (χ4v) is 3.55. The summed E-state index contributed by atoms with van der Waals surface area (Å²) in [5.74, 6) is 2.49. The van der Waals surface area contributed by atoms with Crippen molar-refractivity contribution in [3.63, 3.8) is 0 Å². The molecule has 0 unspecified atom stereocenters. The van der Waals surface area contributed by atoms with Gasteiger partial charge in [-0.15, -0.1) is 0 Å². The van der Waals surface area contributed by atoms with E-state index in [4.69, 9.17) is 4.74 Å². The highest BCUT2D eigenvalue weighted by molar-refractivity contribution is 5.82. The predicted molar refractivity (Wildman–Crippen MR) is 123 cm³/mol. The molecule has 0 radical (unpaired) electrons. The van der Waals surface area contributed by atoms with E-state index in [9.17, 15) is 4.79 Å². The lowest BCUT2D eigenvalue weighted by atomic mass is 10.2. The molecular formula is C24H31N5O2. The molecule has 164 valence electrons. The van der Waals surface area contributed by atoms with Crippen molar-refractivity contribution in [2.45, 2.75) is 25.9 Å². The lowest BCUT2D eigenvalue weighted by Gasteiger charge is -2.28. The standard InChI is InChI=1S/C24H31N5O2/c1-25-24(28-15-20-4-2-3-5-22(20)31-17-19-6-7-19)27-14-18-8-10-21(11-9-18)29-13-12-26-23(30)16-29/h2-5,8-11,19H,6-7,12-17H2,1H3,(H,26,30)(H2,25,27,28). The van der Waals surface area contributed by atoms with E-state index in [1.54, 1.807) is 7.05 Å². The van der Waals surface area contributed by atoms with Crippen molar-refractivity contribution in [3.05, 3.63) is 59.7 Å². The van der Waals surface area contributed by atoms with Crippen molar-refractivity contribution in [2.24, 2.45) is 10.9 Å². The van der Waals surface area contributed by atoms with Gasteiger partial charge in [0.05, 0.1) is 13.2 Å². The Morgan fingerprint density at radius 1 is 1.13 bits per heavy atom. The van der Waals surface area contributed by atoms with Gasteiger partial charge in [0.2, 0.25) is 5.91 Å². The van der Waals surface area contributed by atoms with Crippen LogP contribution < -0.4 is 25.6 Å². The van der Waals surface area contributed by atoms with Gasteiger partial charge in [-0.25, -0.2) is 0 Å². The van der Waals surface area contributed by atoms with Crippen LogP contribution in [0, 0.1) is 5.92 Å². The van der Waals surface area contributed by atoms with E-state index in [0.717, 1.165) is 47.6 Å². The van der Waals surface area contributed by atoms with Crippen molar-refractivity contribution >= 4 is 17.6 Å². The van der Waals surface area contributed by atoms with Gasteiger partial charge in [0.1, 0.15) is 5.75 Å². The quantitative estimate of drug-likeness (QED) is 0.450. The molecule has 2 aromatic rings. The zero-order valence-corrected chi connectivity index (χ0v) is 18.1. The van der Waals surface area contributed by atoms with Gasteiger partial charge in [-0.1, -0.05) is 30.3 Å². The summed E-state index contributed by atoms with van der Waals surface area (Å²) in [7, 11) is 1.77. The number of hydrogen-bond donors (Lipinski definition) is 3. The first-order chi connectivity index (χ1) is 15.2. The summed E-state index contributed by atoms with van der Waals surface area (Å²) in [4.78, 5) is 18.0. The Labute approximate surface area is 183 Å². The number of benzene rings is 2. The summed E-state index contributed by atoms with van der Waals surface area (Å²) >= 11 is 0. The van der Waals surface area contributed by atoms with Crippen molar-refractivity contribution in [1.29, 1.82) is 0 Å². The molecule has 0 aromatic heterocycles. The van der Waals surface area contributed by atoms with E-state index in [2.05, 4.69) is 56.2 Å². The predicted octanol–water partition coefficient (Wildman–Crippen LogP) is 2.28. The number of nitrogens with zero attached hydrogens (tertiary/aromatic N) is 2. The number of carbonyl (C=O) groups is 1. The molecule has 2 fully saturated rings. The number of hydrogen-bond acceptors (Lipinski definition) is 4. The molecule has 1 saturated heterocycles. The highest BCUT2D eigenvalue weighted by Crippen LogP contribution is 2.30. The minimum atomic E-state index is 0.0754. The molecule has 31 heavy (non-hydrogen) atoms. The van der Waals surface area contributed by atoms with Crippen molar-refractivity contribution in [3.8, 4) is 5.75 Å². The Kier molecular flexibility index (Phi) is 6.92. The number of piperazine rings is 1. The number of amides is 1.